The number of hydrogen-bond acceptors (Lipinski definition) is 5. The van der Waals surface area contributed by atoms with E-state index in [1.165, 1.54) is 43.3 Å². The molecule has 1 atom stereocenters. The molecule has 0 bridgehead atoms. The predicted molar refractivity (Wildman–Crippen MR) is 90.7 cm³/mol. The topological polar surface area (TPSA) is 98.5 Å². The van der Waals surface area contributed by atoms with Crippen molar-refractivity contribution in [3.63, 3.8) is 0 Å². The molecule has 0 radical (unpaired) electrons. The normalized spacial score (nSPS) is 11.5. The van der Waals surface area contributed by atoms with Gasteiger partial charge in [0.1, 0.15) is 5.82 Å². The van der Waals surface area contributed by atoms with Gasteiger partial charge in [0.15, 0.2) is 6.10 Å². The van der Waals surface area contributed by atoms with Gasteiger partial charge in [-0.25, -0.2) is 9.18 Å². The van der Waals surface area contributed by atoms with E-state index < -0.39 is 28.7 Å². The third-order valence-electron chi connectivity index (χ3n) is 3.14. The van der Waals surface area contributed by atoms with Crippen LogP contribution in [0.1, 0.15) is 17.3 Å². The average Bonchev–Trinajstić information content (AvgIpc) is 2.56. The smallest absolute Gasteiger partial charge is 0.339 e. The molecule has 0 aliphatic heterocycles. The van der Waals surface area contributed by atoms with Crippen molar-refractivity contribution >= 4 is 39.2 Å². The maximum Gasteiger partial charge on any atom is 0.339 e. The molecule has 2 rings (SSSR count). The lowest BCUT2D eigenvalue weighted by Crippen LogP contribution is -2.30. The zero-order chi connectivity index (χ0) is 18.6. The van der Waals surface area contributed by atoms with E-state index in [2.05, 4.69) is 21.2 Å². The van der Waals surface area contributed by atoms with Crippen LogP contribution in [-0.4, -0.2) is 22.9 Å². The van der Waals surface area contributed by atoms with Gasteiger partial charge in [0, 0.05) is 11.8 Å². The van der Waals surface area contributed by atoms with Crippen molar-refractivity contribution in [1.82, 2.24) is 0 Å². The Bertz CT molecular complexity index is 826. The van der Waals surface area contributed by atoms with E-state index in [1.54, 1.807) is 0 Å². The van der Waals surface area contributed by atoms with Crippen LogP contribution in [0.5, 0.6) is 0 Å². The van der Waals surface area contributed by atoms with E-state index in [0.717, 1.165) is 6.07 Å². The van der Waals surface area contributed by atoms with Crippen LogP contribution in [0.15, 0.2) is 46.9 Å². The van der Waals surface area contributed by atoms with Gasteiger partial charge in [-0.1, -0.05) is 0 Å². The number of carbonyl (C=O) groups excluding carboxylic acids is 2. The summed E-state index contributed by atoms with van der Waals surface area (Å²) < 4.78 is 18.1. The first-order valence-electron chi connectivity index (χ1n) is 6.99. The molecule has 0 saturated carbocycles. The van der Waals surface area contributed by atoms with Crippen LogP contribution < -0.4 is 5.32 Å². The average molecular weight is 411 g/mol. The Morgan fingerprint density at radius 1 is 1.24 bits per heavy atom. The predicted octanol–water partition coefficient (Wildman–Crippen LogP) is 3.68. The van der Waals surface area contributed by atoms with Crippen molar-refractivity contribution in [1.29, 1.82) is 0 Å². The van der Waals surface area contributed by atoms with Gasteiger partial charge in [-0.15, -0.1) is 0 Å². The minimum absolute atomic E-state index is 0.0590. The number of ether oxygens (including phenoxy) is 1. The number of halogens is 2. The van der Waals surface area contributed by atoms with Crippen LogP contribution in [0.2, 0.25) is 0 Å². The highest BCUT2D eigenvalue weighted by molar-refractivity contribution is 9.10. The number of esters is 1. The maximum absolute atomic E-state index is 12.8. The van der Waals surface area contributed by atoms with Crippen molar-refractivity contribution < 1.29 is 23.6 Å². The fourth-order valence-corrected chi connectivity index (χ4v) is 2.23. The summed E-state index contributed by atoms with van der Waals surface area (Å²) in [5.41, 5.74) is -0.0113. The van der Waals surface area contributed by atoms with Crippen LogP contribution in [0.25, 0.3) is 0 Å². The van der Waals surface area contributed by atoms with Gasteiger partial charge in [0.05, 0.1) is 15.0 Å². The number of hydrogen-bond donors (Lipinski definition) is 1. The highest BCUT2D eigenvalue weighted by atomic mass is 79.9. The van der Waals surface area contributed by atoms with E-state index in [0.29, 0.717) is 5.69 Å². The van der Waals surface area contributed by atoms with E-state index >= 15 is 0 Å². The van der Waals surface area contributed by atoms with Gasteiger partial charge in [-0.2, -0.15) is 0 Å². The highest BCUT2D eigenvalue weighted by Crippen LogP contribution is 2.26. The first-order chi connectivity index (χ1) is 11.8. The number of nitrogens with one attached hydrogen (secondary N) is 1. The summed E-state index contributed by atoms with van der Waals surface area (Å²) in [5.74, 6) is -1.95. The van der Waals surface area contributed by atoms with Gasteiger partial charge in [0.25, 0.3) is 11.6 Å². The molecular formula is C16H12BrFN2O5. The van der Waals surface area contributed by atoms with Gasteiger partial charge in [-0.05, 0) is 59.3 Å². The van der Waals surface area contributed by atoms with E-state index in [9.17, 15) is 24.1 Å². The van der Waals surface area contributed by atoms with Gasteiger partial charge < -0.3 is 10.1 Å². The molecule has 0 unspecified atom stereocenters. The first-order valence-corrected chi connectivity index (χ1v) is 7.78. The molecule has 0 saturated heterocycles. The highest BCUT2D eigenvalue weighted by Gasteiger charge is 2.21. The second kappa shape index (κ2) is 7.84. The first kappa shape index (κ1) is 18.5. The Labute approximate surface area is 150 Å². The Morgan fingerprint density at radius 2 is 1.88 bits per heavy atom. The molecular weight excluding hydrogens is 399 g/mol. The number of rotatable bonds is 5. The van der Waals surface area contributed by atoms with E-state index in [-0.39, 0.29) is 15.7 Å². The molecule has 0 aliphatic rings. The molecule has 2 aromatic carbocycles. The molecule has 0 fully saturated rings. The van der Waals surface area contributed by atoms with Gasteiger partial charge in [0.2, 0.25) is 0 Å². The lowest BCUT2D eigenvalue weighted by molar-refractivity contribution is -0.385. The van der Waals surface area contributed by atoms with Crippen molar-refractivity contribution in [2.75, 3.05) is 5.32 Å². The van der Waals surface area contributed by atoms with Crippen molar-refractivity contribution in [2.24, 2.45) is 0 Å². The summed E-state index contributed by atoms with van der Waals surface area (Å²) in [5, 5.41) is 13.4. The SMILES string of the molecule is C[C@@H](OC(=O)c1ccc(Br)c([N+](=O)[O-])c1)C(=O)Nc1ccc(F)cc1. The van der Waals surface area contributed by atoms with E-state index in [4.69, 9.17) is 4.74 Å². The third-order valence-corrected chi connectivity index (χ3v) is 3.81. The van der Waals surface area contributed by atoms with Crippen LogP contribution in [0.4, 0.5) is 15.8 Å². The zero-order valence-electron chi connectivity index (χ0n) is 12.9. The molecule has 0 heterocycles. The van der Waals surface area contributed by atoms with Crippen LogP contribution in [0.3, 0.4) is 0 Å². The fourth-order valence-electron chi connectivity index (χ4n) is 1.84. The monoisotopic (exact) mass is 410 g/mol. The lowest BCUT2D eigenvalue weighted by atomic mass is 10.2. The van der Waals surface area contributed by atoms with Gasteiger partial charge in [-0.3, -0.25) is 14.9 Å². The molecule has 7 nitrogen and oxygen atoms in total. The zero-order valence-corrected chi connectivity index (χ0v) is 14.4. The summed E-state index contributed by atoms with van der Waals surface area (Å²) in [7, 11) is 0. The number of nitro benzene ring substituents is 1. The summed E-state index contributed by atoms with van der Waals surface area (Å²) >= 11 is 3.01. The summed E-state index contributed by atoms with van der Waals surface area (Å²) in [4.78, 5) is 34.3. The number of benzene rings is 2. The maximum atomic E-state index is 12.8. The largest absolute Gasteiger partial charge is 0.449 e. The molecule has 130 valence electrons. The fraction of sp³-hybridized carbons (Fsp3) is 0.125. The second-order valence-electron chi connectivity index (χ2n) is 4.97. The van der Waals surface area contributed by atoms with Crippen molar-refractivity contribution in [3.8, 4) is 0 Å². The van der Waals surface area contributed by atoms with Crippen LogP contribution in [-0.2, 0) is 9.53 Å². The molecule has 9 heteroatoms. The molecule has 1 amide bonds. The van der Waals surface area contributed by atoms with Crippen LogP contribution >= 0.6 is 15.9 Å². The minimum atomic E-state index is -1.15. The number of amides is 1. The van der Waals surface area contributed by atoms with Crippen molar-refractivity contribution in [3.05, 3.63) is 68.4 Å². The Balaban J connectivity index is 2.04. The van der Waals surface area contributed by atoms with Crippen molar-refractivity contribution in [2.45, 2.75) is 13.0 Å². The summed E-state index contributed by atoms with van der Waals surface area (Å²) in [6.07, 6.45) is -1.15. The number of carbonyl (C=O) groups is 2. The standard InChI is InChI=1S/C16H12BrFN2O5/c1-9(15(21)19-12-5-3-11(18)4-6-12)25-16(22)10-2-7-13(17)14(8-10)20(23)24/h2-9H,1H3,(H,19,21)/t9-/m1/s1. The molecule has 2 aromatic rings. The Kier molecular flexibility index (Phi) is 5.81. The number of nitrogens with zero attached hydrogens (tertiary/aromatic N) is 1. The quantitative estimate of drug-likeness (QED) is 0.460. The summed E-state index contributed by atoms with van der Waals surface area (Å²) in [6.45, 7) is 1.35. The Hall–Kier alpha value is -2.81. The van der Waals surface area contributed by atoms with Gasteiger partial charge >= 0.3 is 5.97 Å². The molecule has 25 heavy (non-hydrogen) atoms. The Morgan fingerprint density at radius 3 is 2.48 bits per heavy atom. The molecule has 0 spiro atoms. The third kappa shape index (κ3) is 4.83. The van der Waals surface area contributed by atoms with Crippen LogP contribution in [0, 0.1) is 15.9 Å². The molecule has 0 aromatic heterocycles. The lowest BCUT2D eigenvalue weighted by Gasteiger charge is -2.13. The molecule has 0 aliphatic carbocycles. The van der Waals surface area contributed by atoms with E-state index in [1.807, 2.05) is 0 Å². The molecule has 1 N–H and O–H groups in total. The minimum Gasteiger partial charge on any atom is -0.449 e. The number of nitro groups is 1. The summed E-state index contributed by atoms with van der Waals surface area (Å²) in [6, 6.07) is 8.80. The second-order valence-corrected chi connectivity index (χ2v) is 5.82. The number of anilines is 1.